The molecular weight excluding hydrogens is 408 g/mol. The van der Waals surface area contributed by atoms with Gasteiger partial charge in [-0.05, 0) is 61.4 Å². The molecule has 1 aliphatic carbocycles. The molecule has 4 rings (SSSR count). The zero-order valence-electron chi connectivity index (χ0n) is 16.6. The Morgan fingerprint density at radius 1 is 1.17 bits per heavy atom. The Kier molecular flexibility index (Phi) is 5.44. The van der Waals surface area contributed by atoms with Crippen molar-refractivity contribution in [1.29, 1.82) is 0 Å². The zero-order valence-corrected chi connectivity index (χ0v) is 18.2. The predicted molar refractivity (Wildman–Crippen MR) is 113 cm³/mol. The van der Waals surface area contributed by atoms with E-state index in [2.05, 4.69) is 0 Å². The number of benzene rings is 2. The predicted octanol–water partition coefficient (Wildman–Crippen LogP) is 3.96. The van der Waals surface area contributed by atoms with E-state index in [9.17, 15) is 13.2 Å². The minimum atomic E-state index is -3.72. The monoisotopic (exact) mass is 432 g/mol. The summed E-state index contributed by atoms with van der Waals surface area (Å²) in [6, 6.07) is 12.4. The van der Waals surface area contributed by atoms with Gasteiger partial charge in [0.05, 0.1) is 15.5 Å². The lowest BCUT2D eigenvalue weighted by Crippen LogP contribution is -2.37. The van der Waals surface area contributed by atoms with Crippen LogP contribution in [0.25, 0.3) is 0 Å². The van der Waals surface area contributed by atoms with Gasteiger partial charge in [-0.2, -0.15) is 4.31 Å². The molecule has 7 heteroatoms. The molecule has 2 aromatic carbocycles. The Morgan fingerprint density at radius 3 is 2.55 bits per heavy atom. The highest BCUT2D eigenvalue weighted by Gasteiger charge is 2.34. The number of fused-ring (bicyclic) bond motifs is 1. The minimum Gasteiger partial charge on any atom is -0.339 e. The van der Waals surface area contributed by atoms with E-state index in [1.54, 1.807) is 11.9 Å². The Hall–Kier alpha value is -1.89. The number of rotatable bonds is 5. The highest BCUT2D eigenvalue weighted by Crippen LogP contribution is 2.36. The maximum Gasteiger partial charge on any atom is 0.255 e. The van der Waals surface area contributed by atoms with Crippen LogP contribution in [0, 0.1) is 5.92 Å². The highest BCUT2D eigenvalue weighted by molar-refractivity contribution is 7.89. The summed E-state index contributed by atoms with van der Waals surface area (Å²) in [4.78, 5) is 14.8. The first kappa shape index (κ1) is 20.4. The molecule has 154 valence electrons. The fourth-order valence-electron chi connectivity index (χ4n) is 3.92. The number of hydrogen-bond donors (Lipinski definition) is 0. The summed E-state index contributed by atoms with van der Waals surface area (Å²) in [5.74, 6) is 0.276. The number of amides is 1. The first-order chi connectivity index (χ1) is 13.8. The average molecular weight is 433 g/mol. The zero-order chi connectivity index (χ0) is 20.8. The van der Waals surface area contributed by atoms with E-state index in [1.807, 2.05) is 31.2 Å². The molecule has 0 aromatic heterocycles. The first-order valence-corrected chi connectivity index (χ1v) is 11.7. The third kappa shape index (κ3) is 3.93. The van der Waals surface area contributed by atoms with Crippen LogP contribution in [-0.4, -0.2) is 43.2 Å². The smallest absolute Gasteiger partial charge is 0.255 e. The van der Waals surface area contributed by atoms with Gasteiger partial charge in [0.25, 0.3) is 5.91 Å². The SMILES string of the molecule is CC(C1CC1)N(C)C(=O)c1cc(S(=O)(=O)N2CCc3ccccc3C2)ccc1Cl. The van der Waals surface area contributed by atoms with Crippen molar-refractivity contribution in [2.45, 2.75) is 43.7 Å². The molecule has 0 bridgehead atoms. The summed E-state index contributed by atoms with van der Waals surface area (Å²) in [6.45, 7) is 2.78. The van der Waals surface area contributed by atoms with Crippen molar-refractivity contribution < 1.29 is 13.2 Å². The molecule has 0 saturated heterocycles. The average Bonchev–Trinajstić information content (AvgIpc) is 3.57. The third-order valence-electron chi connectivity index (χ3n) is 6.14. The third-order valence-corrected chi connectivity index (χ3v) is 8.31. The number of carbonyl (C=O) groups is 1. The van der Waals surface area contributed by atoms with Crippen LogP contribution in [-0.2, 0) is 23.0 Å². The second-order valence-corrected chi connectivity index (χ2v) is 10.3. The van der Waals surface area contributed by atoms with Gasteiger partial charge in [0.15, 0.2) is 0 Å². The van der Waals surface area contributed by atoms with Crippen molar-refractivity contribution in [3.8, 4) is 0 Å². The van der Waals surface area contributed by atoms with Gasteiger partial charge in [-0.3, -0.25) is 4.79 Å². The molecule has 2 aliphatic rings. The van der Waals surface area contributed by atoms with Crippen molar-refractivity contribution in [3.63, 3.8) is 0 Å². The number of nitrogens with zero attached hydrogens (tertiary/aromatic N) is 2. The Bertz CT molecular complexity index is 1050. The largest absolute Gasteiger partial charge is 0.339 e. The lowest BCUT2D eigenvalue weighted by molar-refractivity contribution is 0.0727. The van der Waals surface area contributed by atoms with E-state index < -0.39 is 10.0 Å². The van der Waals surface area contributed by atoms with Crippen LogP contribution in [0.3, 0.4) is 0 Å². The summed E-state index contributed by atoms with van der Waals surface area (Å²) in [6.07, 6.45) is 2.92. The van der Waals surface area contributed by atoms with Crippen LogP contribution >= 0.6 is 11.6 Å². The van der Waals surface area contributed by atoms with Crippen LogP contribution in [0.2, 0.25) is 5.02 Å². The van der Waals surface area contributed by atoms with E-state index in [-0.39, 0.29) is 27.4 Å². The molecule has 5 nitrogen and oxygen atoms in total. The number of hydrogen-bond acceptors (Lipinski definition) is 3. The summed E-state index contributed by atoms with van der Waals surface area (Å²) in [5.41, 5.74) is 2.44. The van der Waals surface area contributed by atoms with Crippen molar-refractivity contribution in [2.75, 3.05) is 13.6 Å². The molecule has 29 heavy (non-hydrogen) atoms. The van der Waals surface area contributed by atoms with Gasteiger partial charge >= 0.3 is 0 Å². The maximum absolute atomic E-state index is 13.3. The highest BCUT2D eigenvalue weighted by atomic mass is 35.5. The van der Waals surface area contributed by atoms with Crippen molar-refractivity contribution in [1.82, 2.24) is 9.21 Å². The van der Waals surface area contributed by atoms with Crippen LogP contribution in [0.5, 0.6) is 0 Å². The van der Waals surface area contributed by atoms with E-state index in [4.69, 9.17) is 11.6 Å². The van der Waals surface area contributed by atoms with E-state index in [0.717, 1.165) is 18.4 Å². The van der Waals surface area contributed by atoms with Gasteiger partial charge in [-0.15, -0.1) is 0 Å². The van der Waals surface area contributed by atoms with Crippen molar-refractivity contribution in [3.05, 3.63) is 64.2 Å². The van der Waals surface area contributed by atoms with E-state index >= 15 is 0 Å². The molecule has 1 atom stereocenters. The fraction of sp³-hybridized carbons (Fsp3) is 0.409. The Balaban J connectivity index is 1.62. The van der Waals surface area contributed by atoms with Crippen LogP contribution < -0.4 is 0 Å². The topological polar surface area (TPSA) is 57.7 Å². The van der Waals surface area contributed by atoms with Crippen molar-refractivity contribution >= 4 is 27.5 Å². The Morgan fingerprint density at radius 2 is 1.86 bits per heavy atom. The molecule has 1 amide bonds. The summed E-state index contributed by atoms with van der Waals surface area (Å²) < 4.78 is 28.0. The molecule has 0 N–H and O–H groups in total. The molecule has 1 heterocycles. The molecule has 1 fully saturated rings. The summed E-state index contributed by atoms with van der Waals surface area (Å²) >= 11 is 6.28. The lowest BCUT2D eigenvalue weighted by Gasteiger charge is -2.28. The second-order valence-electron chi connectivity index (χ2n) is 7.99. The van der Waals surface area contributed by atoms with E-state index in [1.165, 1.54) is 28.1 Å². The second kappa shape index (κ2) is 7.74. The molecule has 1 aliphatic heterocycles. The van der Waals surface area contributed by atoms with Gasteiger partial charge in [0.1, 0.15) is 0 Å². The molecule has 2 aromatic rings. The first-order valence-electron chi connectivity index (χ1n) is 9.92. The van der Waals surface area contributed by atoms with Gasteiger partial charge in [0.2, 0.25) is 10.0 Å². The molecule has 0 spiro atoms. The summed E-state index contributed by atoms with van der Waals surface area (Å²) in [5, 5.41) is 0.271. The molecule has 1 unspecified atom stereocenters. The molecule has 1 saturated carbocycles. The standard InChI is InChI=1S/C22H25ClN2O3S/c1-15(16-7-8-16)24(2)22(26)20-13-19(9-10-21(20)23)29(27,28)25-12-11-17-5-3-4-6-18(17)14-25/h3-6,9-10,13,15-16H,7-8,11-12,14H2,1-2H3. The number of halogens is 1. The van der Waals surface area contributed by atoms with Gasteiger partial charge in [-0.1, -0.05) is 35.9 Å². The van der Waals surface area contributed by atoms with Crippen molar-refractivity contribution in [2.24, 2.45) is 5.92 Å². The van der Waals surface area contributed by atoms with Crippen LogP contribution in [0.1, 0.15) is 41.3 Å². The minimum absolute atomic E-state index is 0.108. The van der Waals surface area contributed by atoms with E-state index in [0.29, 0.717) is 25.4 Å². The summed E-state index contributed by atoms with van der Waals surface area (Å²) in [7, 11) is -1.97. The molecular formula is C22H25ClN2O3S. The normalized spacial score (nSPS) is 18.2. The maximum atomic E-state index is 13.3. The number of carbonyl (C=O) groups excluding carboxylic acids is 1. The van der Waals surface area contributed by atoms with Crippen LogP contribution in [0.4, 0.5) is 0 Å². The van der Waals surface area contributed by atoms with Gasteiger partial charge < -0.3 is 4.90 Å². The van der Waals surface area contributed by atoms with Gasteiger partial charge in [-0.25, -0.2) is 8.42 Å². The quantitative estimate of drug-likeness (QED) is 0.718. The van der Waals surface area contributed by atoms with Gasteiger partial charge in [0, 0.05) is 26.2 Å². The lowest BCUT2D eigenvalue weighted by atomic mass is 10.0. The molecule has 0 radical (unpaired) electrons. The van der Waals surface area contributed by atoms with Crippen LogP contribution in [0.15, 0.2) is 47.4 Å². The number of sulfonamides is 1. The fourth-order valence-corrected chi connectivity index (χ4v) is 5.57. The Labute approximate surface area is 177 Å².